The van der Waals surface area contributed by atoms with E-state index in [0.717, 1.165) is 42.7 Å². The molecule has 3 aliphatic heterocycles. The first-order valence-corrected chi connectivity index (χ1v) is 12.5. The van der Waals surface area contributed by atoms with Crippen molar-refractivity contribution in [2.45, 2.75) is 43.7 Å². The quantitative estimate of drug-likeness (QED) is 0.451. The summed E-state index contributed by atoms with van der Waals surface area (Å²) in [6.45, 7) is 0.639. The Kier molecular flexibility index (Phi) is 4.83. The number of carbonyl (C=O) groups excluding carboxylic acids is 1. The lowest BCUT2D eigenvalue weighted by molar-refractivity contribution is 0.0539. The highest BCUT2D eigenvalue weighted by Gasteiger charge is 2.39. The molecule has 2 unspecified atom stereocenters. The molecule has 5 nitrogen and oxygen atoms in total. The maximum absolute atomic E-state index is 13.4. The van der Waals surface area contributed by atoms with Crippen molar-refractivity contribution in [3.8, 4) is 22.6 Å². The molecule has 1 amide bonds. The zero-order valence-corrected chi connectivity index (χ0v) is 19.5. The van der Waals surface area contributed by atoms with E-state index in [1.807, 2.05) is 11.0 Å². The second-order valence-corrected chi connectivity index (χ2v) is 9.83. The topological polar surface area (TPSA) is 48.0 Å². The van der Waals surface area contributed by atoms with E-state index in [9.17, 15) is 4.79 Å². The molecule has 0 radical (unpaired) electrons. The minimum absolute atomic E-state index is 0.0681. The molecule has 1 fully saturated rings. The highest BCUT2D eigenvalue weighted by atomic mass is 16.7. The molecule has 2 atom stereocenters. The van der Waals surface area contributed by atoms with Crippen LogP contribution in [0.25, 0.3) is 16.7 Å². The molecular formula is C30H27NO4. The maximum Gasteiger partial charge on any atom is 0.410 e. The Bertz CT molecular complexity index is 1300. The Morgan fingerprint density at radius 3 is 2.43 bits per heavy atom. The van der Waals surface area contributed by atoms with Crippen LogP contribution in [0.4, 0.5) is 4.79 Å². The number of ether oxygens (including phenoxy) is 3. The van der Waals surface area contributed by atoms with Gasteiger partial charge in [0.25, 0.3) is 0 Å². The van der Waals surface area contributed by atoms with Crippen LogP contribution in [0.15, 0.2) is 72.8 Å². The fourth-order valence-electron chi connectivity index (χ4n) is 6.29. The van der Waals surface area contributed by atoms with Crippen LogP contribution in [0.2, 0.25) is 0 Å². The summed E-state index contributed by atoms with van der Waals surface area (Å²) in [7, 11) is 0. The van der Waals surface area contributed by atoms with E-state index < -0.39 is 0 Å². The third-order valence-electron chi connectivity index (χ3n) is 7.93. The molecule has 0 spiro atoms. The Balaban J connectivity index is 1.11. The smallest absolute Gasteiger partial charge is 0.410 e. The average Bonchev–Trinajstić information content (AvgIpc) is 3.48. The monoisotopic (exact) mass is 465 g/mol. The van der Waals surface area contributed by atoms with Gasteiger partial charge >= 0.3 is 6.09 Å². The third-order valence-corrected chi connectivity index (χ3v) is 7.93. The number of carbonyl (C=O) groups is 1. The highest BCUT2D eigenvalue weighted by molar-refractivity contribution is 5.79. The van der Waals surface area contributed by atoms with E-state index in [0.29, 0.717) is 6.61 Å². The van der Waals surface area contributed by atoms with Crippen molar-refractivity contribution in [1.82, 2.24) is 4.90 Å². The Morgan fingerprint density at radius 2 is 1.66 bits per heavy atom. The molecule has 35 heavy (non-hydrogen) atoms. The fourth-order valence-corrected chi connectivity index (χ4v) is 6.29. The number of fused-ring (bicyclic) bond motifs is 6. The minimum atomic E-state index is -0.192. The van der Waals surface area contributed by atoms with Gasteiger partial charge in [-0.3, -0.25) is 4.90 Å². The van der Waals surface area contributed by atoms with E-state index in [2.05, 4.69) is 66.7 Å². The van der Waals surface area contributed by atoms with Crippen LogP contribution in [-0.2, 0) is 4.74 Å². The molecule has 2 bridgehead atoms. The van der Waals surface area contributed by atoms with Crippen LogP contribution in [0.5, 0.6) is 11.5 Å². The fraction of sp³-hybridized carbons (Fsp3) is 0.300. The first-order valence-electron chi connectivity index (χ1n) is 12.5. The van der Waals surface area contributed by atoms with Crippen molar-refractivity contribution >= 4 is 11.7 Å². The summed E-state index contributed by atoms with van der Waals surface area (Å²) in [6.07, 6.45) is 6.00. The number of hydrogen-bond donors (Lipinski definition) is 0. The molecule has 7 rings (SSSR count). The number of nitrogens with zero attached hydrogens (tertiary/aromatic N) is 1. The molecule has 1 saturated heterocycles. The van der Waals surface area contributed by atoms with Crippen molar-refractivity contribution < 1.29 is 19.0 Å². The van der Waals surface area contributed by atoms with Gasteiger partial charge in [0.05, 0.1) is 6.04 Å². The normalized spacial score (nSPS) is 21.8. The standard InChI is InChI=1S/C30H27NO4/c32-30(33-17-27-25-10-3-1-8-23(25)24-9-2-4-11-26(24)27)31-21-6-5-7-22(31)15-20(14-21)19-12-13-28-29(16-19)35-18-34-28/h1-4,8-14,16,21-22,27H,5-7,15,17-18H2. The van der Waals surface area contributed by atoms with Crippen LogP contribution in [0.3, 0.4) is 0 Å². The van der Waals surface area contributed by atoms with Crippen LogP contribution in [-0.4, -0.2) is 36.5 Å². The molecule has 4 aliphatic rings. The maximum atomic E-state index is 13.4. The summed E-state index contributed by atoms with van der Waals surface area (Å²) in [5.41, 5.74) is 7.40. The molecule has 3 heterocycles. The summed E-state index contributed by atoms with van der Waals surface area (Å²) in [6, 6.07) is 23.3. The molecule has 0 N–H and O–H groups in total. The van der Waals surface area contributed by atoms with Gasteiger partial charge in [0.2, 0.25) is 6.79 Å². The van der Waals surface area contributed by atoms with Crippen molar-refractivity contribution in [3.05, 3.63) is 89.5 Å². The van der Waals surface area contributed by atoms with Crippen molar-refractivity contribution in [2.75, 3.05) is 13.4 Å². The Hall–Kier alpha value is -3.73. The second-order valence-electron chi connectivity index (χ2n) is 9.83. The lowest BCUT2D eigenvalue weighted by Crippen LogP contribution is -2.51. The zero-order valence-electron chi connectivity index (χ0n) is 19.5. The van der Waals surface area contributed by atoms with Crippen LogP contribution in [0.1, 0.15) is 48.3 Å². The molecule has 176 valence electrons. The van der Waals surface area contributed by atoms with E-state index in [-0.39, 0.29) is 30.9 Å². The molecule has 5 heteroatoms. The summed E-state index contributed by atoms with van der Waals surface area (Å²) < 4.78 is 17.1. The number of piperidine rings is 1. The predicted octanol–water partition coefficient (Wildman–Crippen LogP) is 6.37. The van der Waals surface area contributed by atoms with Gasteiger partial charge < -0.3 is 14.2 Å². The zero-order chi connectivity index (χ0) is 23.4. The van der Waals surface area contributed by atoms with Gasteiger partial charge in [-0.25, -0.2) is 4.79 Å². The number of rotatable bonds is 3. The van der Waals surface area contributed by atoms with Gasteiger partial charge in [0.15, 0.2) is 11.5 Å². The van der Waals surface area contributed by atoms with E-state index in [1.54, 1.807) is 0 Å². The SMILES string of the molecule is O=C(OCC1c2ccccc2-c2ccccc21)N1C2C=C(c3ccc4c(c3)OCO4)CC1CCC2. The van der Waals surface area contributed by atoms with Crippen LogP contribution in [0, 0.1) is 0 Å². The Morgan fingerprint density at radius 1 is 0.914 bits per heavy atom. The second kappa shape index (κ2) is 8.19. The molecule has 0 saturated carbocycles. The van der Waals surface area contributed by atoms with Crippen molar-refractivity contribution in [1.29, 1.82) is 0 Å². The van der Waals surface area contributed by atoms with E-state index in [1.165, 1.54) is 27.8 Å². The van der Waals surface area contributed by atoms with Gasteiger partial charge in [-0.05, 0) is 71.2 Å². The van der Waals surface area contributed by atoms with Gasteiger partial charge in [0, 0.05) is 12.0 Å². The largest absolute Gasteiger partial charge is 0.454 e. The average molecular weight is 466 g/mol. The first-order chi connectivity index (χ1) is 17.3. The van der Waals surface area contributed by atoms with Gasteiger partial charge in [0.1, 0.15) is 6.61 Å². The third kappa shape index (κ3) is 3.41. The minimum Gasteiger partial charge on any atom is -0.454 e. The lowest BCUT2D eigenvalue weighted by Gasteiger charge is -2.44. The van der Waals surface area contributed by atoms with Crippen molar-refractivity contribution in [2.24, 2.45) is 0 Å². The highest BCUT2D eigenvalue weighted by Crippen LogP contribution is 2.45. The summed E-state index contributed by atoms with van der Waals surface area (Å²) in [5, 5.41) is 0. The van der Waals surface area contributed by atoms with Crippen LogP contribution < -0.4 is 9.47 Å². The molecule has 3 aromatic carbocycles. The van der Waals surface area contributed by atoms with Gasteiger partial charge in [-0.15, -0.1) is 0 Å². The van der Waals surface area contributed by atoms with Gasteiger partial charge in [-0.2, -0.15) is 0 Å². The molecule has 0 aromatic heterocycles. The van der Waals surface area contributed by atoms with E-state index >= 15 is 0 Å². The molecule has 1 aliphatic carbocycles. The molecular weight excluding hydrogens is 438 g/mol. The van der Waals surface area contributed by atoms with Crippen LogP contribution >= 0.6 is 0 Å². The summed E-state index contributed by atoms with van der Waals surface area (Å²) >= 11 is 0. The summed E-state index contributed by atoms with van der Waals surface area (Å²) in [4.78, 5) is 15.4. The number of benzene rings is 3. The number of amides is 1. The van der Waals surface area contributed by atoms with E-state index in [4.69, 9.17) is 14.2 Å². The van der Waals surface area contributed by atoms with Crippen molar-refractivity contribution in [3.63, 3.8) is 0 Å². The Labute approximate surface area is 204 Å². The lowest BCUT2D eigenvalue weighted by atomic mass is 9.83. The summed E-state index contributed by atoms with van der Waals surface area (Å²) in [5.74, 6) is 1.67. The first kappa shape index (κ1) is 20.6. The van der Waals surface area contributed by atoms with Gasteiger partial charge in [-0.1, -0.05) is 60.7 Å². The molecule has 3 aromatic rings. The predicted molar refractivity (Wildman–Crippen MR) is 133 cm³/mol. The number of hydrogen-bond acceptors (Lipinski definition) is 4.